The number of hydrogen-bond donors (Lipinski definition) is 1. The van der Waals surface area contributed by atoms with Crippen LogP contribution in [-0.2, 0) is 22.9 Å². The molecule has 3 rings (SSSR count). The van der Waals surface area contributed by atoms with Crippen molar-refractivity contribution in [3.8, 4) is 0 Å². The highest BCUT2D eigenvalue weighted by molar-refractivity contribution is 7.88. The van der Waals surface area contributed by atoms with Crippen molar-refractivity contribution in [2.75, 3.05) is 25.9 Å². The van der Waals surface area contributed by atoms with Crippen LogP contribution in [0.2, 0.25) is 0 Å². The summed E-state index contributed by atoms with van der Waals surface area (Å²) < 4.78 is 24.8. The van der Waals surface area contributed by atoms with E-state index < -0.39 is 10.0 Å². The van der Waals surface area contributed by atoms with Crippen molar-refractivity contribution in [1.82, 2.24) is 14.6 Å². The molecule has 1 aromatic heterocycles. The largest absolute Gasteiger partial charge is 0.339 e. The van der Waals surface area contributed by atoms with Gasteiger partial charge in [0.2, 0.25) is 10.0 Å². The van der Waals surface area contributed by atoms with E-state index >= 15 is 0 Å². The van der Waals surface area contributed by atoms with Crippen LogP contribution in [0.4, 0.5) is 0 Å². The number of carbonyl (C=O) groups is 1. The van der Waals surface area contributed by atoms with Crippen molar-refractivity contribution in [2.45, 2.75) is 32.6 Å². The van der Waals surface area contributed by atoms with Gasteiger partial charge in [-0.1, -0.05) is 24.3 Å². The highest BCUT2D eigenvalue weighted by atomic mass is 32.2. The van der Waals surface area contributed by atoms with E-state index in [9.17, 15) is 13.2 Å². The summed E-state index contributed by atoms with van der Waals surface area (Å²) in [6.45, 7) is 3.86. The summed E-state index contributed by atoms with van der Waals surface area (Å²) in [5, 5.41) is 0. The fraction of sp³-hybridized carbons (Fsp3) is 0.455. The molecule has 6 nitrogen and oxygen atoms in total. The van der Waals surface area contributed by atoms with Gasteiger partial charge >= 0.3 is 0 Å². The number of likely N-dealkylation sites (tertiary alicyclic amines) is 1. The summed E-state index contributed by atoms with van der Waals surface area (Å²) in [6, 6.07) is 12.1. The summed E-state index contributed by atoms with van der Waals surface area (Å²) in [4.78, 5) is 18.9. The van der Waals surface area contributed by atoms with Crippen LogP contribution in [0.1, 0.15) is 40.0 Å². The smallest absolute Gasteiger partial charge is 0.255 e. The number of hydrogen-bond acceptors (Lipinski definition) is 4. The van der Waals surface area contributed by atoms with Gasteiger partial charge in [0.15, 0.2) is 0 Å². The minimum atomic E-state index is -3.13. The Hall–Kier alpha value is -2.25. The zero-order valence-corrected chi connectivity index (χ0v) is 17.9. The summed E-state index contributed by atoms with van der Waals surface area (Å²) in [5.41, 5.74) is 3.90. The van der Waals surface area contributed by atoms with Gasteiger partial charge in [-0.3, -0.25) is 9.78 Å². The molecule has 1 aliphatic heterocycles. The second kappa shape index (κ2) is 9.50. The van der Waals surface area contributed by atoms with Gasteiger partial charge in [-0.15, -0.1) is 0 Å². The lowest BCUT2D eigenvalue weighted by Crippen LogP contribution is -2.39. The lowest BCUT2D eigenvalue weighted by molar-refractivity contribution is 0.0689. The van der Waals surface area contributed by atoms with Gasteiger partial charge in [0.05, 0.1) is 11.8 Å². The van der Waals surface area contributed by atoms with E-state index in [0.717, 1.165) is 43.6 Å². The standard InChI is InChI=1S/C22H29N3O3S/c1-17-21(4-3-12-23-17)22(26)25-14-10-20(11-15-25)16-19-7-5-18(6-8-19)9-13-24-29(2,27)28/h3-8,12,20,24H,9-11,13-16H2,1-2H3. The van der Waals surface area contributed by atoms with Crippen LogP contribution < -0.4 is 4.72 Å². The number of rotatable bonds is 7. The Bertz CT molecular complexity index is 934. The molecule has 0 bridgehead atoms. The molecular formula is C22H29N3O3S. The number of carbonyl (C=O) groups excluding carboxylic acids is 1. The molecule has 0 spiro atoms. The Morgan fingerprint density at radius 1 is 1.14 bits per heavy atom. The molecule has 0 aliphatic carbocycles. The second-order valence-electron chi connectivity index (χ2n) is 7.81. The maximum absolute atomic E-state index is 12.7. The number of benzene rings is 1. The van der Waals surface area contributed by atoms with E-state index in [1.807, 2.05) is 24.0 Å². The summed E-state index contributed by atoms with van der Waals surface area (Å²) in [7, 11) is -3.13. The number of pyridine rings is 1. The number of aryl methyl sites for hydroxylation is 1. The predicted molar refractivity (Wildman–Crippen MR) is 114 cm³/mol. The molecule has 0 radical (unpaired) electrons. The molecule has 2 heterocycles. The first kappa shape index (κ1) is 21.5. The van der Waals surface area contributed by atoms with E-state index in [1.165, 1.54) is 11.8 Å². The third kappa shape index (κ3) is 6.37. The molecule has 0 atom stereocenters. The summed E-state index contributed by atoms with van der Waals surface area (Å²) >= 11 is 0. The van der Waals surface area contributed by atoms with Crippen molar-refractivity contribution in [2.24, 2.45) is 5.92 Å². The van der Waals surface area contributed by atoms with Crippen LogP contribution in [0.5, 0.6) is 0 Å². The number of piperidine rings is 1. The topological polar surface area (TPSA) is 79.4 Å². The van der Waals surface area contributed by atoms with Crippen LogP contribution in [0, 0.1) is 12.8 Å². The maximum Gasteiger partial charge on any atom is 0.255 e. The summed E-state index contributed by atoms with van der Waals surface area (Å²) in [6.07, 6.45) is 6.59. The average Bonchev–Trinajstić information content (AvgIpc) is 2.69. The Balaban J connectivity index is 1.47. The highest BCUT2D eigenvalue weighted by Gasteiger charge is 2.24. The van der Waals surface area contributed by atoms with Gasteiger partial charge in [0.1, 0.15) is 0 Å². The molecule has 1 aromatic carbocycles. The number of aromatic nitrogens is 1. The van der Waals surface area contributed by atoms with Crippen molar-refractivity contribution in [3.05, 3.63) is 65.0 Å². The van der Waals surface area contributed by atoms with Crippen molar-refractivity contribution < 1.29 is 13.2 Å². The second-order valence-corrected chi connectivity index (χ2v) is 9.64. The fourth-order valence-corrected chi connectivity index (χ4v) is 4.25. The summed E-state index contributed by atoms with van der Waals surface area (Å²) in [5.74, 6) is 0.660. The number of amides is 1. The third-order valence-corrected chi connectivity index (χ3v) is 6.19. The van der Waals surface area contributed by atoms with E-state index in [-0.39, 0.29) is 5.91 Å². The van der Waals surface area contributed by atoms with Gasteiger partial charge in [0, 0.05) is 31.5 Å². The third-order valence-electron chi connectivity index (χ3n) is 5.46. The first-order valence-electron chi connectivity index (χ1n) is 10.0. The average molecular weight is 416 g/mol. The van der Waals surface area contributed by atoms with E-state index in [2.05, 4.69) is 34.0 Å². The van der Waals surface area contributed by atoms with E-state index in [4.69, 9.17) is 0 Å². The van der Waals surface area contributed by atoms with Crippen molar-refractivity contribution in [3.63, 3.8) is 0 Å². The molecule has 1 saturated heterocycles. The Labute approximate surface area is 173 Å². The maximum atomic E-state index is 12.7. The van der Waals surface area contributed by atoms with Crippen molar-refractivity contribution >= 4 is 15.9 Å². The first-order chi connectivity index (χ1) is 13.8. The van der Waals surface area contributed by atoms with Gasteiger partial charge < -0.3 is 4.90 Å². The Morgan fingerprint density at radius 2 is 1.79 bits per heavy atom. The molecule has 1 aliphatic rings. The molecule has 0 saturated carbocycles. The van der Waals surface area contributed by atoms with Crippen LogP contribution in [0.3, 0.4) is 0 Å². The number of nitrogens with one attached hydrogen (secondary N) is 1. The molecule has 7 heteroatoms. The SMILES string of the molecule is Cc1ncccc1C(=O)N1CCC(Cc2ccc(CCNS(C)(=O)=O)cc2)CC1. The first-order valence-corrected chi connectivity index (χ1v) is 11.9. The molecule has 1 fully saturated rings. The lowest BCUT2D eigenvalue weighted by Gasteiger charge is -2.32. The normalized spacial score (nSPS) is 15.4. The van der Waals surface area contributed by atoms with Gasteiger partial charge in [-0.2, -0.15) is 0 Å². The Kier molecular flexibility index (Phi) is 7.03. The molecule has 29 heavy (non-hydrogen) atoms. The Morgan fingerprint density at radius 3 is 2.41 bits per heavy atom. The van der Waals surface area contributed by atoms with Crippen molar-refractivity contribution in [1.29, 1.82) is 0 Å². The minimum Gasteiger partial charge on any atom is -0.339 e. The molecule has 2 aromatic rings. The molecule has 156 valence electrons. The van der Waals surface area contributed by atoms with Gasteiger partial charge in [-0.05, 0) is 61.8 Å². The van der Waals surface area contributed by atoms with Crippen LogP contribution in [-0.4, -0.2) is 50.1 Å². The van der Waals surface area contributed by atoms with E-state index in [0.29, 0.717) is 24.4 Å². The molecular weight excluding hydrogens is 386 g/mol. The number of sulfonamides is 1. The zero-order valence-electron chi connectivity index (χ0n) is 17.1. The highest BCUT2D eigenvalue weighted by Crippen LogP contribution is 2.23. The zero-order chi connectivity index (χ0) is 20.9. The molecule has 0 unspecified atom stereocenters. The fourth-order valence-electron chi connectivity index (χ4n) is 3.78. The molecule has 1 amide bonds. The molecule has 1 N–H and O–H groups in total. The van der Waals surface area contributed by atoms with Crippen LogP contribution in [0.15, 0.2) is 42.6 Å². The minimum absolute atomic E-state index is 0.0844. The number of nitrogens with zero attached hydrogens (tertiary/aromatic N) is 2. The van der Waals surface area contributed by atoms with Crippen LogP contribution in [0.25, 0.3) is 0 Å². The van der Waals surface area contributed by atoms with E-state index in [1.54, 1.807) is 6.20 Å². The van der Waals surface area contributed by atoms with Crippen LogP contribution >= 0.6 is 0 Å². The van der Waals surface area contributed by atoms with Gasteiger partial charge in [0.25, 0.3) is 5.91 Å². The quantitative estimate of drug-likeness (QED) is 0.754. The monoisotopic (exact) mass is 415 g/mol. The van der Waals surface area contributed by atoms with Gasteiger partial charge in [-0.25, -0.2) is 13.1 Å². The lowest BCUT2D eigenvalue weighted by atomic mass is 9.89. The predicted octanol–water partition coefficient (Wildman–Crippen LogP) is 2.58.